The number of esters is 4. The van der Waals surface area contributed by atoms with E-state index < -0.39 is 97.5 Å². The lowest BCUT2D eigenvalue weighted by Crippen LogP contribution is -2.30. The molecule has 0 aliphatic heterocycles. The smallest absolute Gasteiger partial charge is 0.462 e. The van der Waals surface area contributed by atoms with Crippen LogP contribution in [0.25, 0.3) is 0 Å². The van der Waals surface area contributed by atoms with Crippen LogP contribution in [0.3, 0.4) is 0 Å². The summed E-state index contributed by atoms with van der Waals surface area (Å²) in [5.41, 5.74) is 0. The summed E-state index contributed by atoms with van der Waals surface area (Å²) in [7, 11) is -9.93. The Kier molecular flexibility index (Phi) is 68.1. The molecule has 2 unspecified atom stereocenters. The van der Waals surface area contributed by atoms with Crippen molar-refractivity contribution in [1.29, 1.82) is 0 Å². The van der Waals surface area contributed by atoms with Gasteiger partial charge in [-0.1, -0.05) is 336 Å². The minimum absolute atomic E-state index is 0.101. The van der Waals surface area contributed by atoms with Crippen LogP contribution < -0.4 is 0 Å². The molecule has 17 nitrogen and oxygen atoms in total. The molecule has 0 aliphatic carbocycles. The maximum Gasteiger partial charge on any atom is 0.472 e. The quantitative estimate of drug-likeness (QED) is 0.0169. The van der Waals surface area contributed by atoms with E-state index in [4.69, 9.17) is 37.0 Å². The summed E-state index contributed by atoms with van der Waals surface area (Å²) in [6, 6.07) is 0. The number of unbranched alkanes of at least 4 members (excludes halogenated alkanes) is 41. The van der Waals surface area contributed by atoms with Crippen LogP contribution >= 0.6 is 15.6 Å². The molecule has 19 heteroatoms. The highest BCUT2D eigenvalue weighted by Gasteiger charge is 2.30. The number of rotatable bonds is 76. The number of allylic oxidation sites excluding steroid dienone is 4. The van der Waals surface area contributed by atoms with Crippen molar-refractivity contribution in [3.8, 4) is 0 Å². The van der Waals surface area contributed by atoms with Gasteiger partial charge in [0, 0.05) is 25.7 Å². The maximum atomic E-state index is 13.1. The second-order valence-electron chi connectivity index (χ2n) is 29.5. The van der Waals surface area contributed by atoms with Gasteiger partial charge in [0.15, 0.2) is 12.2 Å². The number of hydrogen-bond donors (Lipinski definition) is 3. The molecule has 0 amide bonds. The third-order valence-corrected chi connectivity index (χ3v) is 19.9. The van der Waals surface area contributed by atoms with E-state index >= 15 is 0 Å². The normalized spacial score (nSPS) is 14.2. The van der Waals surface area contributed by atoms with Gasteiger partial charge in [-0.3, -0.25) is 37.3 Å². The van der Waals surface area contributed by atoms with Crippen molar-refractivity contribution >= 4 is 39.5 Å². The number of phosphoric acid groups is 2. The van der Waals surface area contributed by atoms with Crippen molar-refractivity contribution in [3.05, 3.63) is 24.3 Å². The highest BCUT2D eigenvalue weighted by molar-refractivity contribution is 7.47. The Morgan fingerprint density at radius 3 is 0.818 bits per heavy atom. The average molecular weight is 1450 g/mol. The van der Waals surface area contributed by atoms with E-state index in [0.717, 1.165) is 127 Å². The molecule has 0 saturated heterocycles. The molecule has 0 aliphatic rings. The Bertz CT molecular complexity index is 2020. The Balaban J connectivity index is 5.29. The van der Waals surface area contributed by atoms with Crippen molar-refractivity contribution < 1.29 is 80.2 Å². The van der Waals surface area contributed by atoms with Gasteiger partial charge in [0.05, 0.1) is 26.4 Å². The summed E-state index contributed by atoms with van der Waals surface area (Å²) in [5.74, 6) is 0.153. The van der Waals surface area contributed by atoms with E-state index in [-0.39, 0.29) is 25.7 Å². The van der Waals surface area contributed by atoms with Crippen LogP contribution in [0.2, 0.25) is 0 Å². The molecule has 0 aromatic rings. The summed E-state index contributed by atoms with van der Waals surface area (Å²) in [4.78, 5) is 73.0. The number of aliphatic hydroxyl groups is 1. The van der Waals surface area contributed by atoms with Gasteiger partial charge in [-0.2, -0.15) is 0 Å². The number of phosphoric ester groups is 2. The van der Waals surface area contributed by atoms with Gasteiger partial charge in [0.25, 0.3) is 0 Å². The molecule has 0 radical (unpaired) electrons. The molecular formula is C80H152O17P2. The number of hydrogen-bond acceptors (Lipinski definition) is 15. The van der Waals surface area contributed by atoms with Crippen LogP contribution in [-0.4, -0.2) is 96.7 Å². The molecule has 0 aromatic carbocycles. The summed E-state index contributed by atoms with van der Waals surface area (Å²) >= 11 is 0. The molecule has 0 rings (SSSR count). The zero-order chi connectivity index (χ0) is 73.0. The van der Waals surface area contributed by atoms with Crippen LogP contribution in [-0.2, 0) is 65.4 Å². The highest BCUT2D eigenvalue weighted by atomic mass is 31.2. The van der Waals surface area contributed by atoms with Crippen LogP contribution in [0.5, 0.6) is 0 Å². The van der Waals surface area contributed by atoms with Crippen molar-refractivity contribution in [3.63, 3.8) is 0 Å². The van der Waals surface area contributed by atoms with Crippen LogP contribution in [0, 0.1) is 17.8 Å². The summed E-state index contributed by atoms with van der Waals surface area (Å²) in [6.07, 6.45) is 60.5. The molecule has 3 N–H and O–H groups in total. The molecule has 0 bridgehead atoms. The van der Waals surface area contributed by atoms with E-state index in [1.54, 1.807) is 0 Å². The standard InChI is InChI=1S/C80H152O17P2/c1-8-9-10-11-12-13-14-15-18-22-27-32-40-47-54-61-77(82)90-67-75(96-79(84)63-56-49-42-33-28-23-20-17-16-19-21-25-30-37-44-51-58-71(2)3)69-94-98(86,87)92-65-74(81)66-93-99(88,89)95-70-76(68-91-78(83)62-55-48-41-36-35-39-46-53-60-73(6)7)97-80(85)64-57-50-43-34-29-24-26-31-38-45-52-59-72(4)5/h13-15,18,71-76,81H,8-12,16-17,19-70H2,1-7H3,(H,86,87)(H,88,89)/b14-13-,18-15-/t74-,75-,76-/m1/s1. The fourth-order valence-corrected chi connectivity index (χ4v) is 13.3. The fraction of sp³-hybridized carbons (Fsp3) is 0.900. The van der Waals surface area contributed by atoms with Gasteiger partial charge in [-0.25, -0.2) is 9.13 Å². The van der Waals surface area contributed by atoms with Gasteiger partial charge in [0.1, 0.15) is 19.3 Å². The molecular weight excluding hydrogens is 1290 g/mol. The van der Waals surface area contributed by atoms with Crippen LogP contribution in [0.4, 0.5) is 0 Å². The van der Waals surface area contributed by atoms with E-state index in [1.807, 2.05) is 0 Å². The lowest BCUT2D eigenvalue weighted by molar-refractivity contribution is -0.161. The lowest BCUT2D eigenvalue weighted by atomic mass is 10.0. The van der Waals surface area contributed by atoms with Crippen LogP contribution in [0.1, 0.15) is 389 Å². The molecule has 0 fully saturated rings. The topological polar surface area (TPSA) is 237 Å². The van der Waals surface area contributed by atoms with Crippen molar-refractivity contribution in [2.45, 2.75) is 407 Å². The third kappa shape index (κ3) is 73.6. The number of carbonyl (C=O) groups excluding carboxylic acids is 4. The Labute approximate surface area is 605 Å². The summed E-state index contributed by atoms with van der Waals surface area (Å²) in [6.45, 7) is 11.9. The van der Waals surface area contributed by atoms with E-state index in [0.29, 0.717) is 25.7 Å². The molecule has 0 spiro atoms. The second kappa shape index (κ2) is 69.9. The van der Waals surface area contributed by atoms with E-state index in [2.05, 4.69) is 72.8 Å². The minimum atomic E-state index is -4.97. The van der Waals surface area contributed by atoms with Crippen LogP contribution in [0.15, 0.2) is 24.3 Å². The van der Waals surface area contributed by atoms with Crippen molar-refractivity contribution in [2.24, 2.45) is 17.8 Å². The Hall–Kier alpha value is -2.46. The van der Waals surface area contributed by atoms with Crippen molar-refractivity contribution in [1.82, 2.24) is 0 Å². The predicted molar refractivity (Wildman–Crippen MR) is 404 cm³/mol. The largest absolute Gasteiger partial charge is 0.472 e. The molecule has 0 heterocycles. The average Bonchev–Trinajstić information content (AvgIpc) is 1.43. The van der Waals surface area contributed by atoms with Crippen molar-refractivity contribution in [2.75, 3.05) is 39.6 Å². The second-order valence-corrected chi connectivity index (χ2v) is 32.5. The Morgan fingerprint density at radius 2 is 0.545 bits per heavy atom. The highest BCUT2D eigenvalue weighted by Crippen LogP contribution is 2.45. The number of ether oxygens (including phenoxy) is 4. The first-order valence-corrected chi connectivity index (χ1v) is 43.7. The third-order valence-electron chi connectivity index (χ3n) is 18.0. The fourth-order valence-electron chi connectivity index (χ4n) is 11.8. The minimum Gasteiger partial charge on any atom is -0.462 e. The monoisotopic (exact) mass is 1450 g/mol. The molecule has 584 valence electrons. The molecule has 99 heavy (non-hydrogen) atoms. The number of aliphatic hydroxyl groups excluding tert-OH is 1. The maximum absolute atomic E-state index is 13.1. The van der Waals surface area contributed by atoms with E-state index in [9.17, 15) is 43.2 Å². The Morgan fingerprint density at radius 1 is 0.313 bits per heavy atom. The predicted octanol–water partition coefficient (Wildman–Crippen LogP) is 23.3. The van der Waals surface area contributed by atoms with Gasteiger partial charge < -0.3 is 33.8 Å². The van der Waals surface area contributed by atoms with Gasteiger partial charge in [0.2, 0.25) is 0 Å². The van der Waals surface area contributed by atoms with E-state index in [1.165, 1.54) is 180 Å². The van der Waals surface area contributed by atoms with Gasteiger partial charge >= 0.3 is 39.5 Å². The first-order valence-electron chi connectivity index (χ1n) is 40.7. The van der Waals surface area contributed by atoms with Gasteiger partial charge in [-0.05, 0) is 69.1 Å². The molecule has 5 atom stereocenters. The summed E-state index contributed by atoms with van der Waals surface area (Å²) in [5, 5.41) is 10.6. The lowest BCUT2D eigenvalue weighted by Gasteiger charge is -2.21. The number of carbonyl (C=O) groups is 4. The zero-order valence-electron chi connectivity index (χ0n) is 64.4. The first-order chi connectivity index (χ1) is 47.7. The van der Waals surface area contributed by atoms with Gasteiger partial charge in [-0.15, -0.1) is 0 Å². The zero-order valence-corrected chi connectivity index (χ0v) is 66.2. The first kappa shape index (κ1) is 96.5. The SMILES string of the molecule is CCCCCC/C=C\C=C/CCCCCCCC(=O)OC[C@H](COP(=O)(O)OC[C@@H](O)COP(=O)(O)OC[C@@H](COC(=O)CCCCCCCCCCC(C)C)OC(=O)CCCCCCCCCCCCCC(C)C)OC(=O)CCCCCCCCCCCCCCCCCCC(C)C. The summed E-state index contributed by atoms with van der Waals surface area (Å²) < 4.78 is 68.6. The molecule has 0 saturated carbocycles. The molecule has 0 aromatic heterocycles.